The summed E-state index contributed by atoms with van der Waals surface area (Å²) in [6, 6.07) is 11.9. The third-order valence-electron chi connectivity index (χ3n) is 4.65. The minimum atomic E-state index is -0.0666. The Kier molecular flexibility index (Phi) is 4.95. The zero-order chi connectivity index (χ0) is 19.6. The quantitative estimate of drug-likeness (QED) is 0.480. The number of ether oxygens (including phenoxy) is 2. The highest BCUT2D eigenvalue weighted by Crippen LogP contribution is 2.33. The number of nitrogens with one attached hydrogen (secondary N) is 1. The molecule has 8 heteroatoms. The number of fused-ring (bicyclic) bond motifs is 1. The molecule has 1 atom stereocenters. The van der Waals surface area contributed by atoms with E-state index in [0.29, 0.717) is 13.2 Å². The van der Waals surface area contributed by atoms with Gasteiger partial charge in [-0.05, 0) is 47.5 Å². The third kappa shape index (κ3) is 3.99. The number of rotatable bonds is 6. The Morgan fingerprint density at radius 3 is 2.97 bits per heavy atom. The first kappa shape index (κ1) is 18.2. The maximum Gasteiger partial charge on any atom is 0.183 e. The zero-order valence-corrected chi connectivity index (χ0v) is 17.5. The monoisotopic (exact) mass is 424 g/mol. The van der Waals surface area contributed by atoms with Crippen LogP contribution in [0.1, 0.15) is 11.3 Å². The van der Waals surface area contributed by atoms with E-state index in [4.69, 9.17) is 14.6 Å². The van der Waals surface area contributed by atoms with Gasteiger partial charge >= 0.3 is 0 Å². The Labute approximate surface area is 176 Å². The fourth-order valence-electron chi connectivity index (χ4n) is 3.23. The van der Waals surface area contributed by atoms with E-state index in [1.165, 1.54) is 5.56 Å². The molecule has 1 aliphatic rings. The van der Waals surface area contributed by atoms with E-state index in [0.717, 1.165) is 39.4 Å². The molecule has 6 nitrogen and oxygen atoms in total. The van der Waals surface area contributed by atoms with Gasteiger partial charge < -0.3 is 14.8 Å². The van der Waals surface area contributed by atoms with Crippen LogP contribution in [-0.2, 0) is 13.1 Å². The predicted octanol–water partition coefficient (Wildman–Crippen LogP) is 4.83. The molecule has 3 aromatic heterocycles. The second-order valence-corrected chi connectivity index (χ2v) is 8.62. The summed E-state index contributed by atoms with van der Waals surface area (Å²) in [6.45, 7) is 3.96. The molecule has 5 rings (SSSR count). The van der Waals surface area contributed by atoms with Crippen LogP contribution in [0.25, 0.3) is 10.6 Å². The lowest BCUT2D eigenvalue weighted by atomic mass is 10.2. The van der Waals surface area contributed by atoms with Crippen molar-refractivity contribution < 1.29 is 9.47 Å². The maximum absolute atomic E-state index is 6.04. The number of hydrogen-bond acceptors (Lipinski definition) is 7. The van der Waals surface area contributed by atoms with Crippen LogP contribution in [0, 0.1) is 6.92 Å². The SMILES string of the molecule is Cc1nc(NCc2ccsc2)sc1-c1ccn(CC2COc3ccccc3O2)n1. The van der Waals surface area contributed by atoms with Crippen molar-refractivity contribution in [3.05, 3.63) is 64.6 Å². The average molecular weight is 425 g/mol. The Hall–Kier alpha value is -2.84. The number of nitrogens with zero attached hydrogens (tertiary/aromatic N) is 3. The van der Waals surface area contributed by atoms with Crippen molar-refractivity contribution >= 4 is 27.8 Å². The van der Waals surface area contributed by atoms with Crippen LogP contribution in [-0.4, -0.2) is 27.5 Å². The molecule has 1 N–H and O–H groups in total. The Balaban J connectivity index is 1.25. The molecule has 0 bridgehead atoms. The van der Waals surface area contributed by atoms with Crippen molar-refractivity contribution in [3.63, 3.8) is 0 Å². The lowest BCUT2D eigenvalue weighted by Crippen LogP contribution is -2.33. The first-order valence-corrected chi connectivity index (χ1v) is 11.2. The zero-order valence-electron chi connectivity index (χ0n) is 15.9. The summed E-state index contributed by atoms with van der Waals surface area (Å²) in [5.74, 6) is 1.59. The minimum Gasteiger partial charge on any atom is -0.486 e. The van der Waals surface area contributed by atoms with Crippen molar-refractivity contribution in [1.29, 1.82) is 0 Å². The van der Waals surface area contributed by atoms with Gasteiger partial charge in [-0.3, -0.25) is 4.68 Å². The first-order valence-electron chi connectivity index (χ1n) is 9.39. The normalized spacial score (nSPS) is 15.4. The molecule has 1 unspecified atom stereocenters. The molecule has 0 amide bonds. The second kappa shape index (κ2) is 7.88. The maximum atomic E-state index is 6.04. The fourth-order valence-corrected chi connectivity index (χ4v) is 4.82. The summed E-state index contributed by atoms with van der Waals surface area (Å²) in [4.78, 5) is 5.74. The summed E-state index contributed by atoms with van der Waals surface area (Å²) in [5.41, 5.74) is 3.19. The number of hydrogen-bond donors (Lipinski definition) is 1. The first-order chi connectivity index (χ1) is 14.2. The third-order valence-corrected chi connectivity index (χ3v) is 6.52. The smallest absolute Gasteiger partial charge is 0.183 e. The Morgan fingerprint density at radius 2 is 2.10 bits per heavy atom. The van der Waals surface area contributed by atoms with E-state index in [9.17, 15) is 0 Å². The van der Waals surface area contributed by atoms with E-state index in [1.54, 1.807) is 22.7 Å². The average Bonchev–Trinajstić information content (AvgIpc) is 3.48. The number of aromatic nitrogens is 3. The summed E-state index contributed by atoms with van der Waals surface area (Å²) < 4.78 is 13.8. The standard InChI is InChI=1S/C21H20N4O2S2/c1-14-20(29-21(23-14)22-10-15-7-9-28-13-15)17-6-8-25(24-17)11-16-12-26-18-4-2-3-5-19(18)27-16/h2-9,13,16H,10-12H2,1H3,(H,22,23). The topological polar surface area (TPSA) is 61.2 Å². The van der Waals surface area contributed by atoms with Crippen LogP contribution >= 0.6 is 22.7 Å². The molecule has 29 heavy (non-hydrogen) atoms. The van der Waals surface area contributed by atoms with Crippen LogP contribution in [0.5, 0.6) is 11.5 Å². The van der Waals surface area contributed by atoms with Gasteiger partial charge in [-0.15, -0.1) is 0 Å². The Morgan fingerprint density at radius 1 is 1.21 bits per heavy atom. The van der Waals surface area contributed by atoms with Crippen molar-refractivity contribution in [2.24, 2.45) is 0 Å². The van der Waals surface area contributed by atoms with Gasteiger partial charge in [-0.1, -0.05) is 23.5 Å². The fraction of sp³-hybridized carbons (Fsp3) is 0.238. The number of benzene rings is 1. The number of anilines is 1. The van der Waals surface area contributed by atoms with Gasteiger partial charge in [0.2, 0.25) is 0 Å². The number of aryl methyl sites for hydroxylation is 1. The second-order valence-electron chi connectivity index (χ2n) is 6.84. The molecule has 1 aliphatic heterocycles. The van der Waals surface area contributed by atoms with Crippen LogP contribution in [0.3, 0.4) is 0 Å². The van der Waals surface area contributed by atoms with Crippen molar-refractivity contribution in [2.45, 2.75) is 26.1 Å². The van der Waals surface area contributed by atoms with E-state index in [1.807, 2.05) is 48.1 Å². The summed E-state index contributed by atoms with van der Waals surface area (Å²) in [5, 5.41) is 13.3. The molecule has 4 heterocycles. The molecule has 4 aromatic rings. The minimum absolute atomic E-state index is 0.0666. The number of thiophene rings is 1. The lowest BCUT2D eigenvalue weighted by molar-refractivity contribution is 0.0759. The molecule has 1 aromatic carbocycles. The highest BCUT2D eigenvalue weighted by Gasteiger charge is 2.22. The van der Waals surface area contributed by atoms with Crippen molar-refractivity contribution in [1.82, 2.24) is 14.8 Å². The van der Waals surface area contributed by atoms with Gasteiger partial charge in [0.1, 0.15) is 12.3 Å². The van der Waals surface area contributed by atoms with Crippen molar-refractivity contribution in [3.8, 4) is 22.1 Å². The van der Waals surface area contributed by atoms with E-state index >= 15 is 0 Å². The van der Waals surface area contributed by atoms with E-state index in [-0.39, 0.29) is 6.10 Å². The summed E-state index contributed by atoms with van der Waals surface area (Å²) >= 11 is 3.34. The largest absolute Gasteiger partial charge is 0.486 e. The Bertz CT molecular complexity index is 1100. The molecule has 0 aliphatic carbocycles. The van der Waals surface area contributed by atoms with E-state index in [2.05, 4.69) is 27.1 Å². The van der Waals surface area contributed by atoms with Crippen LogP contribution < -0.4 is 14.8 Å². The molecule has 0 saturated carbocycles. The summed E-state index contributed by atoms with van der Waals surface area (Å²) in [7, 11) is 0. The van der Waals surface area contributed by atoms with Gasteiger partial charge in [0.25, 0.3) is 0 Å². The molecule has 0 spiro atoms. The molecular weight excluding hydrogens is 404 g/mol. The molecule has 0 radical (unpaired) electrons. The lowest BCUT2D eigenvalue weighted by Gasteiger charge is -2.26. The van der Waals surface area contributed by atoms with Gasteiger partial charge in [0, 0.05) is 12.7 Å². The van der Waals surface area contributed by atoms with Gasteiger partial charge in [0.15, 0.2) is 22.7 Å². The van der Waals surface area contributed by atoms with Crippen LogP contribution in [0.2, 0.25) is 0 Å². The van der Waals surface area contributed by atoms with Crippen LogP contribution in [0.4, 0.5) is 5.13 Å². The van der Waals surface area contributed by atoms with Gasteiger partial charge in [-0.2, -0.15) is 16.4 Å². The highest BCUT2D eigenvalue weighted by molar-refractivity contribution is 7.19. The molecule has 148 valence electrons. The predicted molar refractivity (Wildman–Crippen MR) is 116 cm³/mol. The molecular formula is C21H20N4O2S2. The number of thiazole rings is 1. The number of para-hydroxylation sites is 2. The van der Waals surface area contributed by atoms with Gasteiger partial charge in [-0.25, -0.2) is 4.98 Å². The highest BCUT2D eigenvalue weighted by atomic mass is 32.1. The van der Waals surface area contributed by atoms with Crippen LogP contribution in [0.15, 0.2) is 53.4 Å². The molecule has 0 fully saturated rings. The molecule has 0 saturated heterocycles. The van der Waals surface area contributed by atoms with E-state index < -0.39 is 0 Å². The van der Waals surface area contributed by atoms with Gasteiger partial charge in [0.05, 0.1) is 17.1 Å². The summed E-state index contributed by atoms with van der Waals surface area (Å²) in [6.07, 6.45) is 1.92. The van der Waals surface area contributed by atoms with Crippen molar-refractivity contribution in [2.75, 3.05) is 11.9 Å².